The van der Waals surface area contributed by atoms with Gasteiger partial charge in [-0.1, -0.05) is 32.4 Å². The number of aromatic nitrogens is 1. The van der Waals surface area contributed by atoms with Crippen LogP contribution in [0.15, 0.2) is 12.1 Å². The first-order valence-corrected chi connectivity index (χ1v) is 5.93. The topological polar surface area (TPSA) is 62.2 Å². The SMILES string of the molecule is CC(C)C(C)CNc1nc(Cl)ccc1C(=O)O. The zero-order valence-corrected chi connectivity index (χ0v) is 11.0. The van der Waals surface area contributed by atoms with Crippen molar-refractivity contribution in [3.05, 3.63) is 22.8 Å². The second-order valence-electron chi connectivity index (χ2n) is 4.44. The average Bonchev–Trinajstić information content (AvgIpc) is 2.25. The van der Waals surface area contributed by atoms with E-state index in [1.807, 2.05) is 0 Å². The maximum absolute atomic E-state index is 11.0. The van der Waals surface area contributed by atoms with Crippen LogP contribution in [0.1, 0.15) is 31.1 Å². The molecule has 0 aliphatic rings. The van der Waals surface area contributed by atoms with Crippen molar-refractivity contribution in [2.45, 2.75) is 20.8 Å². The van der Waals surface area contributed by atoms with Crippen molar-refractivity contribution in [2.75, 3.05) is 11.9 Å². The number of rotatable bonds is 5. The zero-order chi connectivity index (χ0) is 13.0. The van der Waals surface area contributed by atoms with Gasteiger partial charge in [0, 0.05) is 6.54 Å². The van der Waals surface area contributed by atoms with Gasteiger partial charge in [-0.25, -0.2) is 9.78 Å². The Morgan fingerprint density at radius 3 is 2.65 bits per heavy atom. The van der Waals surface area contributed by atoms with Gasteiger partial charge in [-0.05, 0) is 24.0 Å². The first kappa shape index (κ1) is 13.8. The number of halogens is 1. The number of aromatic carboxylic acids is 1. The lowest BCUT2D eigenvalue weighted by Gasteiger charge is -2.17. The third-order valence-corrected chi connectivity index (χ3v) is 3.03. The Labute approximate surface area is 106 Å². The van der Waals surface area contributed by atoms with Crippen molar-refractivity contribution < 1.29 is 9.90 Å². The molecule has 4 nitrogen and oxygen atoms in total. The molecular weight excluding hydrogens is 240 g/mol. The molecule has 1 rings (SSSR count). The Bertz CT molecular complexity index is 407. The summed E-state index contributed by atoms with van der Waals surface area (Å²) in [6.07, 6.45) is 0. The minimum absolute atomic E-state index is 0.144. The molecule has 17 heavy (non-hydrogen) atoms. The van der Waals surface area contributed by atoms with Crippen molar-refractivity contribution in [1.29, 1.82) is 0 Å². The summed E-state index contributed by atoms with van der Waals surface area (Å²) < 4.78 is 0. The van der Waals surface area contributed by atoms with Crippen molar-refractivity contribution in [1.82, 2.24) is 4.98 Å². The van der Waals surface area contributed by atoms with Crippen LogP contribution in [0.2, 0.25) is 5.15 Å². The summed E-state index contributed by atoms with van der Waals surface area (Å²) in [4.78, 5) is 15.0. The van der Waals surface area contributed by atoms with E-state index in [0.29, 0.717) is 24.2 Å². The molecule has 1 aromatic rings. The molecule has 0 aliphatic carbocycles. The van der Waals surface area contributed by atoms with Gasteiger partial charge in [0.05, 0.1) is 0 Å². The second kappa shape index (κ2) is 5.87. The highest BCUT2D eigenvalue weighted by molar-refractivity contribution is 6.29. The molecule has 0 aromatic carbocycles. The van der Waals surface area contributed by atoms with Crippen LogP contribution < -0.4 is 5.32 Å². The van der Waals surface area contributed by atoms with Gasteiger partial charge in [-0.15, -0.1) is 0 Å². The number of carboxylic acids is 1. The molecule has 0 aliphatic heterocycles. The molecule has 1 atom stereocenters. The van der Waals surface area contributed by atoms with E-state index in [4.69, 9.17) is 16.7 Å². The van der Waals surface area contributed by atoms with Crippen molar-refractivity contribution in [3.63, 3.8) is 0 Å². The lowest BCUT2D eigenvalue weighted by Crippen LogP contribution is -2.18. The van der Waals surface area contributed by atoms with Crippen LogP contribution in [-0.4, -0.2) is 22.6 Å². The standard InChI is InChI=1S/C12H17ClN2O2/c1-7(2)8(3)6-14-11-9(12(16)17)4-5-10(13)15-11/h4-5,7-8H,6H2,1-3H3,(H,14,15)(H,16,17). The van der Waals surface area contributed by atoms with Gasteiger partial charge in [-0.2, -0.15) is 0 Å². The van der Waals surface area contributed by atoms with Gasteiger partial charge in [0.1, 0.15) is 16.5 Å². The van der Waals surface area contributed by atoms with Gasteiger partial charge in [-0.3, -0.25) is 0 Å². The molecule has 0 amide bonds. The fraction of sp³-hybridized carbons (Fsp3) is 0.500. The molecule has 5 heteroatoms. The number of pyridine rings is 1. The number of carbonyl (C=O) groups is 1. The summed E-state index contributed by atoms with van der Waals surface area (Å²) in [6.45, 7) is 7.01. The molecule has 0 saturated carbocycles. The number of nitrogens with zero attached hydrogens (tertiary/aromatic N) is 1. The number of hydrogen-bond donors (Lipinski definition) is 2. The first-order chi connectivity index (χ1) is 7.91. The van der Waals surface area contributed by atoms with Gasteiger partial charge in [0.2, 0.25) is 0 Å². The van der Waals surface area contributed by atoms with Gasteiger partial charge >= 0.3 is 5.97 Å². The lowest BCUT2D eigenvalue weighted by atomic mass is 9.98. The first-order valence-electron chi connectivity index (χ1n) is 5.55. The van der Waals surface area contributed by atoms with Crippen molar-refractivity contribution in [3.8, 4) is 0 Å². The molecule has 1 heterocycles. The van der Waals surface area contributed by atoms with E-state index in [9.17, 15) is 4.79 Å². The molecular formula is C12H17ClN2O2. The summed E-state index contributed by atoms with van der Waals surface area (Å²) >= 11 is 5.76. The van der Waals surface area contributed by atoms with E-state index < -0.39 is 5.97 Å². The molecule has 2 N–H and O–H groups in total. The third kappa shape index (κ3) is 3.89. The molecule has 94 valence electrons. The van der Waals surface area contributed by atoms with E-state index in [2.05, 4.69) is 31.1 Å². The van der Waals surface area contributed by atoms with Crippen LogP contribution >= 0.6 is 11.6 Å². The van der Waals surface area contributed by atoms with Crippen LogP contribution in [0.25, 0.3) is 0 Å². The Kier molecular flexibility index (Phi) is 4.75. The highest BCUT2D eigenvalue weighted by atomic mass is 35.5. The summed E-state index contributed by atoms with van der Waals surface area (Å²) in [5.41, 5.74) is 0.144. The van der Waals surface area contributed by atoms with Crippen molar-refractivity contribution >= 4 is 23.4 Å². The van der Waals surface area contributed by atoms with Crippen LogP contribution in [0.5, 0.6) is 0 Å². The number of carboxylic acid groups (broad SMARTS) is 1. The molecule has 0 bridgehead atoms. The summed E-state index contributed by atoms with van der Waals surface area (Å²) in [7, 11) is 0. The zero-order valence-electron chi connectivity index (χ0n) is 10.2. The summed E-state index contributed by atoms with van der Waals surface area (Å²) in [5, 5.41) is 12.3. The van der Waals surface area contributed by atoms with Gasteiger partial charge in [0.15, 0.2) is 0 Å². The second-order valence-corrected chi connectivity index (χ2v) is 4.82. The Hall–Kier alpha value is -1.29. The highest BCUT2D eigenvalue weighted by Gasteiger charge is 2.13. The number of anilines is 1. The predicted molar refractivity (Wildman–Crippen MR) is 68.7 cm³/mol. The maximum Gasteiger partial charge on any atom is 0.339 e. The molecule has 1 aromatic heterocycles. The minimum Gasteiger partial charge on any atom is -0.478 e. The van der Waals surface area contributed by atoms with E-state index >= 15 is 0 Å². The van der Waals surface area contributed by atoms with E-state index in [1.54, 1.807) is 0 Å². The molecule has 0 radical (unpaired) electrons. The summed E-state index contributed by atoms with van der Waals surface area (Å²) in [6, 6.07) is 2.93. The molecule has 1 unspecified atom stereocenters. The van der Waals surface area contributed by atoms with Crippen LogP contribution in [0, 0.1) is 11.8 Å². The van der Waals surface area contributed by atoms with E-state index in [0.717, 1.165) is 0 Å². The highest BCUT2D eigenvalue weighted by Crippen LogP contribution is 2.18. The minimum atomic E-state index is -1.01. The Morgan fingerprint density at radius 2 is 2.12 bits per heavy atom. The van der Waals surface area contributed by atoms with Gasteiger partial charge in [0.25, 0.3) is 0 Å². The predicted octanol–water partition coefficient (Wildman–Crippen LogP) is 3.14. The van der Waals surface area contributed by atoms with Crippen molar-refractivity contribution in [2.24, 2.45) is 11.8 Å². The normalized spacial score (nSPS) is 12.5. The summed E-state index contributed by atoms with van der Waals surface area (Å²) in [5.74, 6) is 0.277. The van der Waals surface area contributed by atoms with Crippen LogP contribution in [0.4, 0.5) is 5.82 Å². The molecule has 0 fully saturated rings. The van der Waals surface area contributed by atoms with Crippen LogP contribution in [-0.2, 0) is 0 Å². The monoisotopic (exact) mass is 256 g/mol. The third-order valence-electron chi connectivity index (χ3n) is 2.82. The fourth-order valence-corrected chi connectivity index (χ4v) is 1.38. The smallest absolute Gasteiger partial charge is 0.339 e. The van der Waals surface area contributed by atoms with Crippen LogP contribution in [0.3, 0.4) is 0 Å². The Morgan fingerprint density at radius 1 is 1.47 bits per heavy atom. The fourth-order valence-electron chi connectivity index (χ4n) is 1.24. The average molecular weight is 257 g/mol. The number of hydrogen-bond acceptors (Lipinski definition) is 3. The largest absolute Gasteiger partial charge is 0.478 e. The van der Waals surface area contributed by atoms with Gasteiger partial charge < -0.3 is 10.4 Å². The molecule has 0 saturated heterocycles. The van der Waals surface area contributed by atoms with E-state index in [1.165, 1.54) is 12.1 Å². The van der Waals surface area contributed by atoms with E-state index in [-0.39, 0.29) is 10.7 Å². The molecule has 0 spiro atoms. The lowest BCUT2D eigenvalue weighted by molar-refractivity contribution is 0.0697. The Balaban J connectivity index is 2.82. The number of nitrogens with one attached hydrogen (secondary N) is 1. The quantitative estimate of drug-likeness (QED) is 0.795. The maximum atomic E-state index is 11.0.